The van der Waals surface area contributed by atoms with E-state index in [0.29, 0.717) is 12.2 Å². The second-order valence-electron chi connectivity index (χ2n) is 12.0. The maximum absolute atomic E-state index is 13.1. The Labute approximate surface area is 280 Å². The molecule has 1 heterocycles. The van der Waals surface area contributed by atoms with Crippen LogP contribution >= 0.6 is 0 Å². The van der Waals surface area contributed by atoms with Crippen molar-refractivity contribution in [3.8, 4) is 16.9 Å². The molecule has 0 fully saturated rings. The molecule has 6 aromatic carbocycles. The molecule has 234 valence electrons. The van der Waals surface area contributed by atoms with E-state index in [2.05, 4.69) is 73.7 Å². The lowest BCUT2D eigenvalue weighted by Crippen LogP contribution is -2.08. The molecule has 4 nitrogen and oxygen atoms in total. The predicted octanol–water partition coefficient (Wildman–Crippen LogP) is 10.8. The van der Waals surface area contributed by atoms with Crippen molar-refractivity contribution in [1.29, 1.82) is 0 Å². The van der Waals surface area contributed by atoms with Crippen LogP contribution in [-0.2, 0) is 18.0 Å². The Morgan fingerprint density at radius 1 is 0.604 bits per heavy atom. The molecule has 0 aliphatic rings. The molecular weight excluding hydrogens is 590 g/mol. The van der Waals surface area contributed by atoms with Crippen LogP contribution in [0.3, 0.4) is 0 Å². The lowest BCUT2D eigenvalue weighted by molar-refractivity contribution is 0.0471. The highest BCUT2D eigenvalue weighted by Gasteiger charge is 2.17. The summed E-state index contributed by atoms with van der Waals surface area (Å²) in [5, 5.41) is 2.24. The third kappa shape index (κ3) is 6.74. The van der Waals surface area contributed by atoms with Crippen LogP contribution in [0.15, 0.2) is 140 Å². The standard InChI is InChI=1S/C44H35NO3/c1-30-31(2)40(44(46)48-29-34-13-7-4-8-14-34)24-23-39(30)41-27-38(47-28-33-11-5-3-6-12-33)22-21-35(41)19-17-32-18-20-37-26-36-15-9-10-16-42(36)45-43(37)25-32/h3-27H,28-29H2,1-2H3. The fourth-order valence-corrected chi connectivity index (χ4v) is 5.96. The average molecular weight is 626 g/mol. The molecule has 7 aromatic rings. The molecule has 0 unspecified atom stereocenters. The molecule has 0 saturated heterocycles. The topological polar surface area (TPSA) is 48.4 Å². The first-order chi connectivity index (χ1) is 23.5. The van der Waals surface area contributed by atoms with Gasteiger partial charge in [0.25, 0.3) is 0 Å². The second kappa shape index (κ2) is 13.8. The first-order valence-electron chi connectivity index (χ1n) is 16.1. The van der Waals surface area contributed by atoms with Crippen molar-refractivity contribution in [3.05, 3.63) is 178 Å². The summed E-state index contributed by atoms with van der Waals surface area (Å²) >= 11 is 0. The minimum atomic E-state index is -0.330. The summed E-state index contributed by atoms with van der Waals surface area (Å²) in [6, 6.07) is 46.7. The van der Waals surface area contributed by atoms with Gasteiger partial charge >= 0.3 is 5.97 Å². The van der Waals surface area contributed by atoms with Gasteiger partial charge in [0.15, 0.2) is 0 Å². The van der Waals surface area contributed by atoms with E-state index in [-0.39, 0.29) is 12.6 Å². The number of para-hydroxylation sites is 1. The van der Waals surface area contributed by atoms with Gasteiger partial charge < -0.3 is 9.47 Å². The number of esters is 1. The van der Waals surface area contributed by atoms with Gasteiger partial charge in [0.2, 0.25) is 0 Å². The highest BCUT2D eigenvalue weighted by Crippen LogP contribution is 2.35. The number of carbonyl (C=O) groups excluding carboxylic acids is 1. The number of pyridine rings is 1. The quantitative estimate of drug-likeness (QED) is 0.0910. The number of hydrogen-bond acceptors (Lipinski definition) is 4. The lowest BCUT2D eigenvalue weighted by atomic mass is 9.90. The van der Waals surface area contributed by atoms with Crippen molar-refractivity contribution in [2.75, 3.05) is 0 Å². The number of fused-ring (bicyclic) bond motifs is 2. The molecule has 0 saturated carbocycles. The van der Waals surface area contributed by atoms with E-state index in [4.69, 9.17) is 14.5 Å². The maximum atomic E-state index is 13.1. The van der Waals surface area contributed by atoms with Gasteiger partial charge in [-0.1, -0.05) is 115 Å². The summed E-state index contributed by atoms with van der Waals surface area (Å²) in [6.45, 7) is 4.74. The number of rotatable bonds is 9. The maximum Gasteiger partial charge on any atom is 0.338 e. The van der Waals surface area contributed by atoms with Gasteiger partial charge in [-0.15, -0.1) is 0 Å². The van der Waals surface area contributed by atoms with Crippen molar-refractivity contribution in [2.45, 2.75) is 27.1 Å². The normalized spacial score (nSPS) is 11.3. The van der Waals surface area contributed by atoms with Crippen molar-refractivity contribution >= 4 is 39.9 Å². The number of carbonyl (C=O) groups is 1. The Kier molecular flexibility index (Phi) is 8.80. The number of nitrogens with zero attached hydrogens (tertiary/aromatic N) is 1. The van der Waals surface area contributed by atoms with Crippen LogP contribution in [0.5, 0.6) is 5.75 Å². The van der Waals surface area contributed by atoms with Gasteiger partial charge in [0, 0.05) is 10.8 Å². The van der Waals surface area contributed by atoms with Crippen LogP contribution in [0.2, 0.25) is 0 Å². The van der Waals surface area contributed by atoms with Crippen LogP contribution in [0.4, 0.5) is 0 Å². The molecule has 48 heavy (non-hydrogen) atoms. The van der Waals surface area contributed by atoms with Gasteiger partial charge in [-0.05, 0) is 94.8 Å². The van der Waals surface area contributed by atoms with Gasteiger partial charge in [-0.2, -0.15) is 0 Å². The minimum absolute atomic E-state index is 0.232. The smallest absolute Gasteiger partial charge is 0.338 e. The molecule has 0 spiro atoms. The highest BCUT2D eigenvalue weighted by atomic mass is 16.5. The summed E-state index contributed by atoms with van der Waals surface area (Å²) in [5.41, 5.74) is 10.6. The van der Waals surface area contributed by atoms with Crippen molar-refractivity contribution < 1.29 is 14.3 Å². The largest absolute Gasteiger partial charge is 0.489 e. The highest BCUT2D eigenvalue weighted by molar-refractivity contribution is 5.95. The van der Waals surface area contributed by atoms with Crippen molar-refractivity contribution in [2.24, 2.45) is 0 Å². The lowest BCUT2D eigenvalue weighted by Gasteiger charge is -2.17. The first kappa shape index (κ1) is 30.6. The molecule has 0 bridgehead atoms. The first-order valence-corrected chi connectivity index (χ1v) is 16.1. The molecule has 0 atom stereocenters. The van der Waals surface area contributed by atoms with Crippen molar-refractivity contribution in [3.63, 3.8) is 0 Å². The SMILES string of the molecule is Cc1c(C(=O)OCc2ccccc2)ccc(-c2cc(OCc3ccccc3)ccc2C=Cc2ccc3cc4ccccc4nc3c2)c1C. The van der Waals surface area contributed by atoms with E-state index in [1.165, 1.54) is 0 Å². The predicted molar refractivity (Wildman–Crippen MR) is 196 cm³/mol. The molecule has 1 aromatic heterocycles. The number of benzene rings is 6. The number of ether oxygens (including phenoxy) is 2. The zero-order chi connectivity index (χ0) is 32.9. The third-order valence-electron chi connectivity index (χ3n) is 8.78. The van der Waals surface area contributed by atoms with E-state index in [1.54, 1.807) is 0 Å². The van der Waals surface area contributed by atoms with Gasteiger partial charge in [-0.3, -0.25) is 0 Å². The zero-order valence-corrected chi connectivity index (χ0v) is 27.0. The summed E-state index contributed by atoms with van der Waals surface area (Å²) in [4.78, 5) is 18.0. The molecule has 0 amide bonds. The number of aromatic nitrogens is 1. The molecule has 0 N–H and O–H groups in total. The van der Waals surface area contributed by atoms with Crippen LogP contribution in [-0.4, -0.2) is 11.0 Å². The average Bonchev–Trinajstić information content (AvgIpc) is 3.13. The fraction of sp³-hybridized carbons (Fsp3) is 0.0909. The van der Waals surface area contributed by atoms with Crippen LogP contribution < -0.4 is 4.74 Å². The Hall–Kier alpha value is -6.00. The van der Waals surface area contributed by atoms with Crippen molar-refractivity contribution in [1.82, 2.24) is 4.98 Å². The van der Waals surface area contributed by atoms with E-state index < -0.39 is 0 Å². The van der Waals surface area contributed by atoms with E-state index in [0.717, 1.165) is 72.1 Å². The van der Waals surface area contributed by atoms with Gasteiger partial charge in [-0.25, -0.2) is 9.78 Å². The fourth-order valence-electron chi connectivity index (χ4n) is 5.96. The van der Waals surface area contributed by atoms with Crippen LogP contribution in [0.25, 0.3) is 45.1 Å². The monoisotopic (exact) mass is 625 g/mol. The van der Waals surface area contributed by atoms with E-state index in [1.807, 2.05) is 91.9 Å². The van der Waals surface area contributed by atoms with Gasteiger partial charge in [0.05, 0.1) is 16.6 Å². The van der Waals surface area contributed by atoms with E-state index in [9.17, 15) is 4.79 Å². The Morgan fingerprint density at radius 2 is 1.31 bits per heavy atom. The molecule has 0 radical (unpaired) electrons. The minimum Gasteiger partial charge on any atom is -0.489 e. The summed E-state index contributed by atoms with van der Waals surface area (Å²) < 4.78 is 11.9. The summed E-state index contributed by atoms with van der Waals surface area (Å²) in [5.74, 6) is 0.444. The summed E-state index contributed by atoms with van der Waals surface area (Å²) in [6.07, 6.45) is 4.26. The van der Waals surface area contributed by atoms with E-state index >= 15 is 0 Å². The van der Waals surface area contributed by atoms with Gasteiger partial charge in [0.1, 0.15) is 19.0 Å². The Balaban J connectivity index is 1.22. The zero-order valence-electron chi connectivity index (χ0n) is 27.0. The molecule has 4 heteroatoms. The number of hydrogen-bond donors (Lipinski definition) is 0. The van der Waals surface area contributed by atoms with Crippen LogP contribution in [0, 0.1) is 13.8 Å². The molecular formula is C44H35NO3. The third-order valence-corrected chi connectivity index (χ3v) is 8.78. The molecule has 7 rings (SSSR count). The second-order valence-corrected chi connectivity index (χ2v) is 12.0. The molecule has 0 aliphatic heterocycles. The Bertz CT molecular complexity index is 2270. The van der Waals surface area contributed by atoms with Crippen LogP contribution in [0.1, 0.15) is 43.7 Å². The Morgan fingerprint density at radius 3 is 2.10 bits per heavy atom. The molecule has 0 aliphatic carbocycles. The summed E-state index contributed by atoms with van der Waals surface area (Å²) in [7, 11) is 0.